The predicted molar refractivity (Wildman–Crippen MR) is 56.4 cm³/mol. The number of hydroxylamine groups is 1. The first-order chi connectivity index (χ1) is 6.88. The van der Waals surface area contributed by atoms with E-state index in [2.05, 4.69) is 5.48 Å². The van der Waals surface area contributed by atoms with E-state index in [9.17, 15) is 4.79 Å². The van der Waals surface area contributed by atoms with Crippen LogP contribution in [0.2, 0.25) is 0 Å². The minimum Gasteiger partial charge on any atom is -0.508 e. The van der Waals surface area contributed by atoms with Crippen molar-refractivity contribution in [3.05, 3.63) is 29.8 Å². The normalized spacial score (nSPS) is 11.1. The van der Waals surface area contributed by atoms with Crippen molar-refractivity contribution in [3.63, 3.8) is 0 Å². The molecule has 1 rings (SSSR count). The van der Waals surface area contributed by atoms with Crippen LogP contribution in [0.1, 0.15) is 31.1 Å². The Morgan fingerprint density at radius 1 is 1.27 bits per heavy atom. The van der Waals surface area contributed by atoms with Gasteiger partial charge in [-0.25, -0.2) is 5.48 Å². The van der Waals surface area contributed by atoms with Crippen LogP contribution in [0.25, 0.3) is 0 Å². The van der Waals surface area contributed by atoms with E-state index in [1.165, 1.54) is 24.3 Å². The van der Waals surface area contributed by atoms with Crippen molar-refractivity contribution in [2.75, 3.05) is 0 Å². The average Bonchev–Trinajstić information content (AvgIpc) is 2.14. The lowest BCUT2D eigenvalue weighted by molar-refractivity contribution is -0.0589. The Balaban J connectivity index is 2.58. The van der Waals surface area contributed by atoms with Gasteiger partial charge in [0.15, 0.2) is 0 Å². The lowest BCUT2D eigenvalue weighted by Gasteiger charge is -2.18. The summed E-state index contributed by atoms with van der Waals surface area (Å²) in [4.78, 5) is 16.6. The second kappa shape index (κ2) is 4.31. The Hall–Kier alpha value is -1.55. The molecule has 0 bridgehead atoms. The maximum atomic E-state index is 11.5. The van der Waals surface area contributed by atoms with Gasteiger partial charge in [-0.1, -0.05) is 0 Å². The molecule has 0 heterocycles. The zero-order valence-corrected chi connectivity index (χ0v) is 9.07. The van der Waals surface area contributed by atoms with Crippen LogP contribution >= 0.6 is 0 Å². The van der Waals surface area contributed by atoms with Crippen LogP contribution in [0, 0.1) is 0 Å². The first-order valence-electron chi connectivity index (χ1n) is 4.66. The van der Waals surface area contributed by atoms with Gasteiger partial charge in [-0.15, -0.1) is 0 Å². The molecule has 0 aromatic heterocycles. The van der Waals surface area contributed by atoms with Gasteiger partial charge in [0.25, 0.3) is 5.91 Å². The van der Waals surface area contributed by atoms with Gasteiger partial charge in [0, 0.05) is 5.56 Å². The fourth-order valence-corrected chi connectivity index (χ4v) is 0.871. The monoisotopic (exact) mass is 209 g/mol. The molecular weight excluding hydrogens is 194 g/mol. The van der Waals surface area contributed by atoms with Gasteiger partial charge in [-0.2, -0.15) is 0 Å². The number of hydrogen-bond acceptors (Lipinski definition) is 3. The summed E-state index contributed by atoms with van der Waals surface area (Å²) in [5.41, 5.74) is 2.36. The highest BCUT2D eigenvalue weighted by molar-refractivity contribution is 5.93. The van der Waals surface area contributed by atoms with Crippen molar-refractivity contribution >= 4 is 5.91 Å². The smallest absolute Gasteiger partial charge is 0.274 e. The lowest BCUT2D eigenvalue weighted by Crippen LogP contribution is -2.33. The minimum atomic E-state index is -0.424. The highest BCUT2D eigenvalue weighted by Gasteiger charge is 2.13. The Morgan fingerprint density at radius 2 is 1.80 bits per heavy atom. The number of amides is 1. The number of benzene rings is 1. The Bertz CT molecular complexity index is 338. The lowest BCUT2D eigenvalue weighted by atomic mass is 10.2. The molecule has 0 atom stereocenters. The molecule has 4 heteroatoms. The van der Waals surface area contributed by atoms with Crippen molar-refractivity contribution in [2.45, 2.75) is 26.4 Å². The van der Waals surface area contributed by atoms with Crippen molar-refractivity contribution < 1.29 is 14.7 Å². The summed E-state index contributed by atoms with van der Waals surface area (Å²) >= 11 is 0. The second-order valence-corrected chi connectivity index (χ2v) is 4.19. The number of aromatic hydroxyl groups is 1. The highest BCUT2D eigenvalue weighted by atomic mass is 16.7. The molecule has 1 aromatic carbocycles. The summed E-state index contributed by atoms with van der Waals surface area (Å²) in [6, 6.07) is 5.95. The van der Waals surface area contributed by atoms with Gasteiger partial charge in [-0.05, 0) is 45.0 Å². The van der Waals surface area contributed by atoms with Crippen LogP contribution in [0.4, 0.5) is 0 Å². The summed E-state index contributed by atoms with van der Waals surface area (Å²) in [7, 11) is 0. The number of carbonyl (C=O) groups excluding carboxylic acids is 1. The van der Waals surface area contributed by atoms with Crippen LogP contribution in [0.15, 0.2) is 24.3 Å². The third-order valence-corrected chi connectivity index (χ3v) is 1.58. The maximum absolute atomic E-state index is 11.5. The summed E-state index contributed by atoms with van der Waals surface area (Å²) in [5, 5.41) is 9.03. The molecule has 0 spiro atoms. The molecule has 0 aliphatic rings. The molecule has 0 aliphatic heterocycles. The van der Waals surface area contributed by atoms with Gasteiger partial charge in [-0.3, -0.25) is 9.63 Å². The number of rotatable bonds is 2. The summed E-state index contributed by atoms with van der Waals surface area (Å²) < 4.78 is 0. The average molecular weight is 209 g/mol. The maximum Gasteiger partial charge on any atom is 0.274 e. The molecule has 1 amide bonds. The first-order valence-corrected chi connectivity index (χ1v) is 4.66. The molecule has 15 heavy (non-hydrogen) atoms. The molecule has 0 saturated heterocycles. The summed E-state index contributed by atoms with van der Waals surface area (Å²) in [6.45, 7) is 5.51. The molecule has 0 fully saturated rings. The fourth-order valence-electron chi connectivity index (χ4n) is 0.871. The number of hydrogen-bond donors (Lipinski definition) is 2. The van der Waals surface area contributed by atoms with Crippen molar-refractivity contribution in [2.24, 2.45) is 0 Å². The first kappa shape index (κ1) is 11.5. The van der Waals surface area contributed by atoms with Crippen molar-refractivity contribution in [1.29, 1.82) is 0 Å². The van der Waals surface area contributed by atoms with Crippen LogP contribution in [-0.2, 0) is 4.84 Å². The van der Waals surface area contributed by atoms with Gasteiger partial charge in [0.1, 0.15) is 5.75 Å². The van der Waals surface area contributed by atoms with Gasteiger partial charge < -0.3 is 5.11 Å². The van der Waals surface area contributed by atoms with Crippen LogP contribution in [0.3, 0.4) is 0 Å². The largest absolute Gasteiger partial charge is 0.508 e. The minimum absolute atomic E-state index is 0.128. The number of carbonyl (C=O) groups is 1. The summed E-state index contributed by atoms with van der Waals surface area (Å²) in [5.74, 6) is -0.201. The van der Waals surface area contributed by atoms with Crippen molar-refractivity contribution in [3.8, 4) is 5.75 Å². The topological polar surface area (TPSA) is 58.6 Å². The van der Waals surface area contributed by atoms with Crippen LogP contribution < -0.4 is 5.48 Å². The van der Waals surface area contributed by atoms with E-state index >= 15 is 0 Å². The second-order valence-electron chi connectivity index (χ2n) is 4.19. The zero-order chi connectivity index (χ0) is 11.5. The Morgan fingerprint density at radius 3 is 2.27 bits per heavy atom. The van der Waals surface area contributed by atoms with E-state index < -0.39 is 5.60 Å². The van der Waals surface area contributed by atoms with Gasteiger partial charge in [0.2, 0.25) is 0 Å². The Labute approximate surface area is 88.8 Å². The molecule has 0 unspecified atom stereocenters. The van der Waals surface area contributed by atoms with Gasteiger partial charge >= 0.3 is 0 Å². The summed E-state index contributed by atoms with van der Waals surface area (Å²) in [6.07, 6.45) is 0. The molecule has 82 valence electrons. The molecule has 4 nitrogen and oxygen atoms in total. The fraction of sp³-hybridized carbons (Fsp3) is 0.364. The molecule has 0 radical (unpaired) electrons. The van der Waals surface area contributed by atoms with E-state index in [0.717, 1.165) is 0 Å². The molecule has 2 N–H and O–H groups in total. The highest BCUT2D eigenvalue weighted by Crippen LogP contribution is 2.10. The van der Waals surface area contributed by atoms with Crippen LogP contribution in [0.5, 0.6) is 5.75 Å². The van der Waals surface area contributed by atoms with Crippen molar-refractivity contribution in [1.82, 2.24) is 5.48 Å². The number of phenols is 1. The van der Waals surface area contributed by atoms with E-state index in [4.69, 9.17) is 9.94 Å². The molecule has 0 saturated carbocycles. The predicted octanol–water partition coefficient (Wildman–Crippen LogP) is 1.85. The third kappa shape index (κ3) is 3.99. The van der Waals surface area contributed by atoms with E-state index in [0.29, 0.717) is 5.56 Å². The number of nitrogens with one attached hydrogen (secondary N) is 1. The zero-order valence-electron chi connectivity index (χ0n) is 9.07. The number of phenolic OH excluding ortho intramolecular Hbond substituents is 1. The van der Waals surface area contributed by atoms with Crippen LogP contribution in [-0.4, -0.2) is 16.6 Å². The SMILES string of the molecule is CC(C)(C)ONC(=O)c1ccc(O)cc1. The molecule has 1 aromatic rings. The third-order valence-electron chi connectivity index (χ3n) is 1.58. The van der Waals surface area contributed by atoms with E-state index in [-0.39, 0.29) is 11.7 Å². The van der Waals surface area contributed by atoms with Gasteiger partial charge in [0.05, 0.1) is 5.60 Å². The quantitative estimate of drug-likeness (QED) is 0.731. The Kier molecular flexibility index (Phi) is 3.31. The molecular formula is C11H15NO3. The standard InChI is InChI=1S/C11H15NO3/c1-11(2,3)15-12-10(14)8-4-6-9(13)7-5-8/h4-7,13H,1-3H3,(H,12,14). The van der Waals surface area contributed by atoms with E-state index in [1.807, 2.05) is 20.8 Å². The molecule has 0 aliphatic carbocycles. The van der Waals surface area contributed by atoms with E-state index in [1.54, 1.807) is 0 Å².